The summed E-state index contributed by atoms with van der Waals surface area (Å²) in [5.74, 6) is -0.788. The van der Waals surface area contributed by atoms with Gasteiger partial charge in [0.25, 0.3) is 0 Å². The zero-order valence-electron chi connectivity index (χ0n) is 10.6. The number of aliphatic carboxylic acids is 1. The van der Waals surface area contributed by atoms with Crippen LogP contribution in [0.15, 0.2) is 0 Å². The summed E-state index contributed by atoms with van der Waals surface area (Å²) < 4.78 is 0. The topological polar surface area (TPSA) is 57.6 Å². The molecule has 2 aliphatic rings. The molecule has 2 aliphatic carbocycles. The first-order valence-electron chi connectivity index (χ1n) is 6.50. The third-order valence-electron chi connectivity index (χ3n) is 4.23. The SMILES string of the molecule is CC1CCCC(N(C)C(=O)[C@@H]2C[C@@H]2C(=O)O)C1. The second-order valence-corrected chi connectivity index (χ2v) is 5.66. The molecule has 96 valence electrons. The number of amides is 1. The Morgan fingerprint density at radius 3 is 2.41 bits per heavy atom. The van der Waals surface area contributed by atoms with Gasteiger partial charge < -0.3 is 10.0 Å². The van der Waals surface area contributed by atoms with Gasteiger partial charge in [-0.3, -0.25) is 9.59 Å². The van der Waals surface area contributed by atoms with Crippen molar-refractivity contribution in [3.05, 3.63) is 0 Å². The zero-order chi connectivity index (χ0) is 12.6. The molecule has 0 bridgehead atoms. The number of hydrogen-bond acceptors (Lipinski definition) is 2. The molecule has 0 saturated heterocycles. The number of carbonyl (C=O) groups is 2. The Bertz CT molecular complexity index is 329. The first kappa shape index (κ1) is 12.4. The van der Waals surface area contributed by atoms with Crippen LogP contribution in [-0.2, 0) is 9.59 Å². The fourth-order valence-electron chi connectivity index (χ4n) is 2.94. The molecule has 4 atom stereocenters. The fraction of sp³-hybridized carbons (Fsp3) is 0.846. The molecular weight excluding hydrogens is 218 g/mol. The van der Waals surface area contributed by atoms with E-state index in [2.05, 4.69) is 6.92 Å². The van der Waals surface area contributed by atoms with E-state index in [4.69, 9.17) is 5.11 Å². The average molecular weight is 239 g/mol. The highest BCUT2D eigenvalue weighted by Gasteiger charge is 2.50. The minimum absolute atomic E-state index is 0.0384. The van der Waals surface area contributed by atoms with Crippen molar-refractivity contribution < 1.29 is 14.7 Å². The second kappa shape index (κ2) is 4.67. The maximum atomic E-state index is 12.1. The van der Waals surface area contributed by atoms with Crippen LogP contribution in [0, 0.1) is 17.8 Å². The Morgan fingerprint density at radius 2 is 1.88 bits per heavy atom. The number of carboxylic acids is 1. The van der Waals surface area contributed by atoms with Crippen LogP contribution in [0.1, 0.15) is 39.0 Å². The summed E-state index contributed by atoms with van der Waals surface area (Å²) >= 11 is 0. The van der Waals surface area contributed by atoms with Gasteiger partial charge in [0.05, 0.1) is 11.8 Å². The molecular formula is C13H21NO3. The summed E-state index contributed by atoms with van der Waals surface area (Å²) in [6.45, 7) is 2.22. The number of hydrogen-bond donors (Lipinski definition) is 1. The smallest absolute Gasteiger partial charge is 0.307 e. The van der Waals surface area contributed by atoms with Crippen LogP contribution in [0.3, 0.4) is 0 Å². The highest BCUT2D eigenvalue weighted by molar-refractivity contribution is 5.89. The molecule has 1 amide bonds. The number of carbonyl (C=O) groups excluding carboxylic acids is 1. The van der Waals surface area contributed by atoms with E-state index in [-0.39, 0.29) is 11.8 Å². The lowest BCUT2D eigenvalue weighted by atomic mass is 9.86. The molecule has 0 radical (unpaired) electrons. The molecule has 17 heavy (non-hydrogen) atoms. The van der Waals surface area contributed by atoms with Crippen LogP contribution in [0.25, 0.3) is 0 Å². The third kappa shape index (κ3) is 2.61. The van der Waals surface area contributed by atoms with Gasteiger partial charge in [-0.1, -0.05) is 19.8 Å². The van der Waals surface area contributed by atoms with E-state index in [1.165, 1.54) is 12.8 Å². The Morgan fingerprint density at radius 1 is 1.18 bits per heavy atom. The largest absolute Gasteiger partial charge is 0.481 e. The summed E-state index contributed by atoms with van der Waals surface area (Å²) in [7, 11) is 1.84. The van der Waals surface area contributed by atoms with E-state index >= 15 is 0 Å². The van der Waals surface area contributed by atoms with Gasteiger partial charge in [-0.05, 0) is 25.2 Å². The van der Waals surface area contributed by atoms with Gasteiger partial charge in [-0.15, -0.1) is 0 Å². The van der Waals surface area contributed by atoms with Gasteiger partial charge >= 0.3 is 5.97 Å². The van der Waals surface area contributed by atoms with Crippen molar-refractivity contribution in [2.75, 3.05) is 7.05 Å². The summed E-state index contributed by atoms with van der Waals surface area (Å²) in [6, 6.07) is 0.321. The molecule has 0 aromatic heterocycles. The fourth-order valence-corrected chi connectivity index (χ4v) is 2.94. The normalized spacial score (nSPS) is 36.4. The van der Waals surface area contributed by atoms with Gasteiger partial charge in [0.15, 0.2) is 0 Å². The van der Waals surface area contributed by atoms with E-state index < -0.39 is 11.9 Å². The molecule has 0 aromatic rings. The number of nitrogens with zero attached hydrogens (tertiary/aromatic N) is 1. The van der Waals surface area contributed by atoms with Crippen LogP contribution in [-0.4, -0.2) is 35.0 Å². The predicted molar refractivity (Wildman–Crippen MR) is 63.4 cm³/mol. The van der Waals surface area contributed by atoms with Crippen molar-refractivity contribution in [3.8, 4) is 0 Å². The molecule has 4 heteroatoms. The van der Waals surface area contributed by atoms with Gasteiger partial charge in [-0.2, -0.15) is 0 Å². The van der Waals surface area contributed by atoms with Crippen molar-refractivity contribution in [2.24, 2.45) is 17.8 Å². The Balaban J connectivity index is 1.89. The molecule has 1 N–H and O–H groups in total. The van der Waals surface area contributed by atoms with E-state index in [9.17, 15) is 9.59 Å². The molecule has 0 aliphatic heterocycles. The molecule has 0 aromatic carbocycles. The van der Waals surface area contributed by atoms with Gasteiger partial charge in [0, 0.05) is 13.1 Å². The minimum atomic E-state index is -0.825. The lowest BCUT2D eigenvalue weighted by Gasteiger charge is -2.34. The monoisotopic (exact) mass is 239 g/mol. The maximum Gasteiger partial charge on any atom is 0.307 e. The van der Waals surface area contributed by atoms with Gasteiger partial charge in [0.1, 0.15) is 0 Å². The van der Waals surface area contributed by atoms with Crippen LogP contribution in [0.2, 0.25) is 0 Å². The quantitative estimate of drug-likeness (QED) is 0.816. The van der Waals surface area contributed by atoms with Crippen LogP contribution < -0.4 is 0 Å². The highest BCUT2D eigenvalue weighted by atomic mass is 16.4. The van der Waals surface area contributed by atoms with E-state index in [1.807, 2.05) is 11.9 Å². The van der Waals surface area contributed by atoms with Crippen LogP contribution >= 0.6 is 0 Å². The Hall–Kier alpha value is -1.06. The van der Waals surface area contributed by atoms with Gasteiger partial charge in [0.2, 0.25) is 5.91 Å². The second-order valence-electron chi connectivity index (χ2n) is 5.66. The van der Waals surface area contributed by atoms with E-state index in [0.29, 0.717) is 18.4 Å². The summed E-state index contributed by atoms with van der Waals surface area (Å²) in [5.41, 5.74) is 0. The summed E-state index contributed by atoms with van der Waals surface area (Å²) in [6.07, 6.45) is 5.08. The first-order chi connectivity index (χ1) is 8.00. The molecule has 2 saturated carbocycles. The van der Waals surface area contributed by atoms with E-state index in [0.717, 1.165) is 12.8 Å². The number of carboxylic acid groups (broad SMARTS) is 1. The summed E-state index contributed by atoms with van der Waals surface area (Å²) in [5, 5.41) is 8.84. The number of rotatable bonds is 3. The lowest BCUT2D eigenvalue weighted by molar-refractivity contribution is -0.142. The first-order valence-corrected chi connectivity index (χ1v) is 6.50. The predicted octanol–water partition coefficient (Wildman–Crippen LogP) is 1.74. The lowest BCUT2D eigenvalue weighted by Crippen LogP contribution is -2.41. The molecule has 0 spiro atoms. The standard InChI is InChI=1S/C13H21NO3/c1-8-4-3-5-9(6-8)14(2)12(15)10-7-11(10)13(16)17/h8-11H,3-7H2,1-2H3,(H,16,17)/t8?,9?,10-,11+/m1/s1. The van der Waals surface area contributed by atoms with Crippen molar-refractivity contribution in [1.82, 2.24) is 4.90 Å². The molecule has 4 nitrogen and oxygen atoms in total. The molecule has 2 fully saturated rings. The van der Waals surface area contributed by atoms with Crippen LogP contribution in [0.4, 0.5) is 0 Å². The third-order valence-corrected chi connectivity index (χ3v) is 4.23. The van der Waals surface area contributed by atoms with Gasteiger partial charge in [-0.25, -0.2) is 0 Å². The molecule has 0 heterocycles. The van der Waals surface area contributed by atoms with Crippen molar-refractivity contribution in [2.45, 2.75) is 45.1 Å². The highest BCUT2D eigenvalue weighted by Crippen LogP contribution is 2.41. The van der Waals surface area contributed by atoms with E-state index in [1.54, 1.807) is 0 Å². The summed E-state index contributed by atoms with van der Waals surface area (Å²) in [4.78, 5) is 24.7. The van der Waals surface area contributed by atoms with Crippen LogP contribution in [0.5, 0.6) is 0 Å². The molecule has 2 rings (SSSR count). The zero-order valence-corrected chi connectivity index (χ0v) is 10.6. The van der Waals surface area contributed by atoms with Crippen molar-refractivity contribution >= 4 is 11.9 Å². The minimum Gasteiger partial charge on any atom is -0.481 e. The maximum absolute atomic E-state index is 12.1. The molecule has 2 unspecified atom stereocenters. The average Bonchev–Trinajstić information content (AvgIpc) is 3.07. The van der Waals surface area contributed by atoms with Crippen molar-refractivity contribution in [1.29, 1.82) is 0 Å². The van der Waals surface area contributed by atoms with Crippen molar-refractivity contribution in [3.63, 3.8) is 0 Å². The Kier molecular flexibility index (Phi) is 3.40. The Labute approximate surface area is 102 Å².